The van der Waals surface area contributed by atoms with E-state index in [1.807, 2.05) is 12.3 Å². The smallest absolute Gasteiger partial charge is 0.189 e. The van der Waals surface area contributed by atoms with Crippen molar-refractivity contribution in [3.05, 3.63) is 16.6 Å². The zero-order valence-electron chi connectivity index (χ0n) is 8.53. The number of rotatable bonds is 4. The minimum Gasteiger partial charge on any atom is -0.370 e. The molecule has 1 aromatic heterocycles. The van der Waals surface area contributed by atoms with Gasteiger partial charge in [0.15, 0.2) is 5.96 Å². The SMILES string of the molecule is CCCN=C(N)NC(C)c1nccs1. The molecule has 1 unspecified atom stereocenters. The Morgan fingerprint density at radius 3 is 3.14 bits per heavy atom. The molecule has 4 nitrogen and oxygen atoms in total. The van der Waals surface area contributed by atoms with Gasteiger partial charge in [-0.1, -0.05) is 6.92 Å². The number of hydrogen-bond donors (Lipinski definition) is 2. The molecule has 1 aromatic rings. The number of nitrogens with zero attached hydrogens (tertiary/aromatic N) is 2. The van der Waals surface area contributed by atoms with Crippen LogP contribution < -0.4 is 11.1 Å². The monoisotopic (exact) mass is 212 g/mol. The van der Waals surface area contributed by atoms with Gasteiger partial charge in [-0.25, -0.2) is 4.98 Å². The molecule has 0 aliphatic heterocycles. The van der Waals surface area contributed by atoms with Crippen molar-refractivity contribution in [1.82, 2.24) is 10.3 Å². The molecular weight excluding hydrogens is 196 g/mol. The van der Waals surface area contributed by atoms with Crippen molar-refractivity contribution in [2.45, 2.75) is 26.3 Å². The normalized spacial score (nSPS) is 14.0. The van der Waals surface area contributed by atoms with Crippen LogP contribution in [0.1, 0.15) is 31.3 Å². The Bertz CT molecular complexity index is 281. The Kier molecular flexibility index (Phi) is 4.39. The second-order valence-corrected chi connectivity index (χ2v) is 3.93. The first-order valence-electron chi connectivity index (χ1n) is 4.70. The summed E-state index contributed by atoms with van der Waals surface area (Å²) >= 11 is 1.61. The minimum absolute atomic E-state index is 0.135. The summed E-state index contributed by atoms with van der Waals surface area (Å²) < 4.78 is 0. The van der Waals surface area contributed by atoms with Crippen LogP contribution in [0.5, 0.6) is 0 Å². The summed E-state index contributed by atoms with van der Waals surface area (Å²) in [6, 6.07) is 0.135. The van der Waals surface area contributed by atoms with E-state index in [1.54, 1.807) is 17.5 Å². The predicted octanol–water partition coefficient (Wildman–Crippen LogP) is 1.52. The van der Waals surface area contributed by atoms with E-state index in [0.717, 1.165) is 18.0 Å². The van der Waals surface area contributed by atoms with Crippen LogP contribution in [0.4, 0.5) is 0 Å². The fourth-order valence-electron chi connectivity index (χ4n) is 1.01. The summed E-state index contributed by atoms with van der Waals surface area (Å²) in [6.45, 7) is 4.86. The number of hydrogen-bond acceptors (Lipinski definition) is 3. The highest BCUT2D eigenvalue weighted by molar-refractivity contribution is 7.09. The molecule has 78 valence electrons. The van der Waals surface area contributed by atoms with Gasteiger partial charge in [0.1, 0.15) is 5.01 Å². The van der Waals surface area contributed by atoms with Gasteiger partial charge in [0.2, 0.25) is 0 Å². The quantitative estimate of drug-likeness (QED) is 0.587. The third-order valence-electron chi connectivity index (χ3n) is 1.69. The van der Waals surface area contributed by atoms with Crippen molar-refractivity contribution in [3.63, 3.8) is 0 Å². The van der Waals surface area contributed by atoms with Gasteiger partial charge in [-0.15, -0.1) is 11.3 Å². The number of aromatic nitrogens is 1. The molecule has 0 bridgehead atoms. The van der Waals surface area contributed by atoms with E-state index in [4.69, 9.17) is 5.73 Å². The molecule has 0 saturated heterocycles. The molecule has 0 amide bonds. The molecule has 0 radical (unpaired) electrons. The van der Waals surface area contributed by atoms with E-state index < -0.39 is 0 Å². The molecule has 0 saturated carbocycles. The van der Waals surface area contributed by atoms with E-state index in [1.165, 1.54) is 0 Å². The second kappa shape index (κ2) is 5.59. The Hall–Kier alpha value is -1.10. The van der Waals surface area contributed by atoms with E-state index in [2.05, 4.69) is 22.2 Å². The third-order valence-corrected chi connectivity index (χ3v) is 2.65. The second-order valence-electron chi connectivity index (χ2n) is 3.00. The van der Waals surface area contributed by atoms with Crippen molar-refractivity contribution in [3.8, 4) is 0 Å². The van der Waals surface area contributed by atoms with Gasteiger partial charge in [0, 0.05) is 18.1 Å². The maximum absolute atomic E-state index is 5.68. The third kappa shape index (κ3) is 3.33. The molecule has 0 aliphatic rings. The van der Waals surface area contributed by atoms with Crippen LogP contribution in [-0.2, 0) is 0 Å². The van der Waals surface area contributed by atoms with Crippen molar-refractivity contribution < 1.29 is 0 Å². The van der Waals surface area contributed by atoms with Gasteiger partial charge in [0.25, 0.3) is 0 Å². The fraction of sp³-hybridized carbons (Fsp3) is 0.556. The molecule has 0 aliphatic carbocycles. The highest BCUT2D eigenvalue weighted by atomic mass is 32.1. The first-order valence-corrected chi connectivity index (χ1v) is 5.57. The first kappa shape index (κ1) is 11.0. The van der Waals surface area contributed by atoms with Crippen molar-refractivity contribution >= 4 is 17.3 Å². The van der Waals surface area contributed by atoms with Crippen LogP contribution in [0.15, 0.2) is 16.6 Å². The molecule has 1 heterocycles. The van der Waals surface area contributed by atoms with Gasteiger partial charge in [-0.2, -0.15) is 0 Å². The number of nitrogens with two attached hydrogens (primary N) is 1. The largest absolute Gasteiger partial charge is 0.370 e. The summed E-state index contributed by atoms with van der Waals surface area (Å²) in [4.78, 5) is 8.35. The van der Waals surface area contributed by atoms with Crippen LogP contribution in [-0.4, -0.2) is 17.5 Å². The molecule has 0 fully saturated rings. The summed E-state index contributed by atoms with van der Waals surface area (Å²) in [7, 11) is 0. The van der Waals surface area contributed by atoms with Crippen LogP contribution >= 0.6 is 11.3 Å². The summed E-state index contributed by atoms with van der Waals surface area (Å²) in [5.74, 6) is 0.495. The lowest BCUT2D eigenvalue weighted by molar-refractivity contribution is 0.700. The number of guanidine groups is 1. The number of nitrogens with one attached hydrogen (secondary N) is 1. The van der Waals surface area contributed by atoms with Crippen molar-refractivity contribution in [2.75, 3.05) is 6.54 Å². The Balaban J connectivity index is 2.44. The van der Waals surface area contributed by atoms with Gasteiger partial charge >= 0.3 is 0 Å². The molecule has 3 N–H and O–H groups in total. The topological polar surface area (TPSA) is 63.3 Å². The van der Waals surface area contributed by atoms with E-state index in [0.29, 0.717) is 5.96 Å². The van der Waals surface area contributed by atoms with Crippen LogP contribution in [0.2, 0.25) is 0 Å². The Labute approximate surface area is 88.3 Å². The summed E-state index contributed by atoms with van der Waals surface area (Å²) in [5.41, 5.74) is 5.68. The predicted molar refractivity (Wildman–Crippen MR) is 60.4 cm³/mol. The maximum atomic E-state index is 5.68. The summed E-state index contributed by atoms with van der Waals surface area (Å²) in [6.07, 6.45) is 2.80. The van der Waals surface area contributed by atoms with Gasteiger partial charge < -0.3 is 11.1 Å². The Morgan fingerprint density at radius 2 is 2.57 bits per heavy atom. The highest BCUT2D eigenvalue weighted by Crippen LogP contribution is 2.13. The van der Waals surface area contributed by atoms with Crippen molar-refractivity contribution in [1.29, 1.82) is 0 Å². The van der Waals surface area contributed by atoms with Crippen LogP contribution in [0.25, 0.3) is 0 Å². The lowest BCUT2D eigenvalue weighted by Gasteiger charge is -2.11. The molecule has 1 rings (SSSR count). The van der Waals surface area contributed by atoms with Crippen LogP contribution in [0, 0.1) is 0 Å². The van der Waals surface area contributed by atoms with Crippen LogP contribution in [0.3, 0.4) is 0 Å². The van der Waals surface area contributed by atoms with Gasteiger partial charge in [-0.3, -0.25) is 4.99 Å². The standard InChI is InChI=1S/C9H16N4S/c1-3-4-12-9(10)13-7(2)8-11-5-6-14-8/h5-7H,3-4H2,1-2H3,(H3,10,12,13). The van der Waals surface area contributed by atoms with E-state index in [-0.39, 0.29) is 6.04 Å². The summed E-state index contributed by atoms with van der Waals surface area (Å²) in [5, 5.41) is 6.07. The van der Waals surface area contributed by atoms with E-state index in [9.17, 15) is 0 Å². The first-order chi connectivity index (χ1) is 6.74. The zero-order valence-corrected chi connectivity index (χ0v) is 9.34. The highest BCUT2D eigenvalue weighted by Gasteiger charge is 2.07. The van der Waals surface area contributed by atoms with Crippen molar-refractivity contribution in [2.24, 2.45) is 10.7 Å². The Morgan fingerprint density at radius 1 is 1.79 bits per heavy atom. The molecular formula is C9H16N4S. The maximum Gasteiger partial charge on any atom is 0.189 e. The molecule has 0 spiro atoms. The van der Waals surface area contributed by atoms with Gasteiger partial charge in [0.05, 0.1) is 6.04 Å². The average molecular weight is 212 g/mol. The number of thiazole rings is 1. The fourth-order valence-corrected chi connectivity index (χ4v) is 1.66. The average Bonchev–Trinajstić information content (AvgIpc) is 2.67. The van der Waals surface area contributed by atoms with E-state index >= 15 is 0 Å². The lowest BCUT2D eigenvalue weighted by atomic mass is 10.4. The van der Waals surface area contributed by atoms with Gasteiger partial charge in [-0.05, 0) is 13.3 Å². The molecule has 0 aromatic carbocycles. The zero-order chi connectivity index (χ0) is 10.4. The molecule has 5 heteroatoms. The molecule has 14 heavy (non-hydrogen) atoms. The number of aliphatic imine (C=N–C) groups is 1. The molecule has 1 atom stereocenters. The minimum atomic E-state index is 0.135. The lowest BCUT2D eigenvalue weighted by Crippen LogP contribution is -2.33.